The first-order chi connectivity index (χ1) is 5.92. The summed E-state index contributed by atoms with van der Waals surface area (Å²) in [6.07, 6.45) is 4.76. The fourth-order valence-electron chi connectivity index (χ4n) is 1.30. The Balaban J connectivity index is 2.55. The molecule has 0 atom stereocenters. The summed E-state index contributed by atoms with van der Waals surface area (Å²) in [4.78, 5) is 8.50. The van der Waals surface area contributed by atoms with Gasteiger partial charge in [-0.15, -0.1) is 0 Å². The summed E-state index contributed by atoms with van der Waals surface area (Å²) >= 11 is 0. The van der Waals surface area contributed by atoms with Gasteiger partial charge < -0.3 is 4.57 Å². The molecule has 3 nitrogen and oxygen atoms in total. The molecular weight excluding hydrogens is 150 g/mol. The normalized spacial score (nSPS) is 10.8. The summed E-state index contributed by atoms with van der Waals surface area (Å²) in [7, 11) is 0. The maximum atomic E-state index is 4.26. The zero-order valence-corrected chi connectivity index (χ0v) is 7.07. The van der Waals surface area contributed by atoms with Crippen molar-refractivity contribution >= 4 is 11.2 Å². The minimum absolute atomic E-state index is 0.978. The number of pyridine rings is 1. The molecule has 0 saturated heterocycles. The summed E-state index contributed by atoms with van der Waals surface area (Å²) in [5.41, 5.74) is 1.96. The van der Waals surface area contributed by atoms with Gasteiger partial charge in [0.1, 0.15) is 5.52 Å². The molecule has 0 aromatic carbocycles. The lowest BCUT2D eigenvalue weighted by Crippen LogP contribution is -1.94. The first-order valence-corrected chi connectivity index (χ1v) is 4.17. The fourth-order valence-corrected chi connectivity index (χ4v) is 1.30. The van der Waals surface area contributed by atoms with E-state index < -0.39 is 0 Å². The first kappa shape index (κ1) is 7.28. The second kappa shape index (κ2) is 2.93. The van der Waals surface area contributed by atoms with E-state index in [0.717, 1.165) is 24.1 Å². The number of hydrogen-bond donors (Lipinski definition) is 0. The average molecular weight is 161 g/mol. The molecule has 3 heteroatoms. The highest BCUT2D eigenvalue weighted by molar-refractivity contribution is 5.69. The second-order valence-electron chi connectivity index (χ2n) is 2.78. The van der Waals surface area contributed by atoms with Gasteiger partial charge in [0, 0.05) is 12.7 Å². The van der Waals surface area contributed by atoms with Crippen molar-refractivity contribution < 1.29 is 0 Å². The molecule has 2 heterocycles. The Labute approximate surface area is 71.1 Å². The third-order valence-electron chi connectivity index (χ3n) is 1.84. The molecule has 2 rings (SSSR count). The van der Waals surface area contributed by atoms with Gasteiger partial charge in [0.05, 0.1) is 6.33 Å². The molecule has 0 spiro atoms. The zero-order valence-electron chi connectivity index (χ0n) is 7.07. The Bertz CT molecular complexity index is 378. The van der Waals surface area contributed by atoms with Crippen LogP contribution in [0.4, 0.5) is 0 Å². The van der Waals surface area contributed by atoms with Crippen LogP contribution in [0.2, 0.25) is 0 Å². The SMILES string of the molecule is CCCn1cnc2cccnc21. The molecule has 0 bridgehead atoms. The summed E-state index contributed by atoms with van der Waals surface area (Å²) in [5, 5.41) is 0. The van der Waals surface area contributed by atoms with Gasteiger partial charge >= 0.3 is 0 Å². The van der Waals surface area contributed by atoms with Gasteiger partial charge in [-0.05, 0) is 18.6 Å². The molecular formula is C9H11N3. The number of aryl methyl sites for hydroxylation is 1. The van der Waals surface area contributed by atoms with Gasteiger partial charge in [-0.2, -0.15) is 0 Å². The lowest BCUT2D eigenvalue weighted by atomic mass is 10.4. The van der Waals surface area contributed by atoms with Gasteiger partial charge in [-0.25, -0.2) is 9.97 Å². The molecule has 0 saturated carbocycles. The Morgan fingerprint density at radius 1 is 1.42 bits per heavy atom. The molecule has 2 aromatic rings. The maximum Gasteiger partial charge on any atom is 0.159 e. The molecule has 2 aromatic heterocycles. The predicted molar refractivity (Wildman–Crippen MR) is 47.8 cm³/mol. The van der Waals surface area contributed by atoms with Crippen molar-refractivity contribution in [1.82, 2.24) is 14.5 Å². The summed E-state index contributed by atoms with van der Waals surface area (Å²) < 4.78 is 2.08. The molecule has 0 fully saturated rings. The van der Waals surface area contributed by atoms with E-state index in [0.29, 0.717) is 0 Å². The number of aromatic nitrogens is 3. The highest BCUT2D eigenvalue weighted by Gasteiger charge is 1.99. The van der Waals surface area contributed by atoms with Crippen molar-refractivity contribution in [2.24, 2.45) is 0 Å². The van der Waals surface area contributed by atoms with Crippen molar-refractivity contribution in [2.45, 2.75) is 19.9 Å². The number of hydrogen-bond acceptors (Lipinski definition) is 2. The van der Waals surface area contributed by atoms with Crippen LogP contribution in [0.1, 0.15) is 13.3 Å². The van der Waals surface area contributed by atoms with E-state index in [1.807, 2.05) is 18.5 Å². The molecule has 0 unspecified atom stereocenters. The van der Waals surface area contributed by atoms with Gasteiger partial charge in [0.2, 0.25) is 0 Å². The van der Waals surface area contributed by atoms with E-state index in [1.165, 1.54) is 0 Å². The predicted octanol–water partition coefficient (Wildman–Crippen LogP) is 1.84. The third-order valence-corrected chi connectivity index (χ3v) is 1.84. The first-order valence-electron chi connectivity index (χ1n) is 4.17. The largest absolute Gasteiger partial charge is 0.315 e. The topological polar surface area (TPSA) is 30.7 Å². The number of rotatable bonds is 2. The van der Waals surface area contributed by atoms with E-state index in [-0.39, 0.29) is 0 Å². The minimum Gasteiger partial charge on any atom is -0.315 e. The zero-order chi connectivity index (χ0) is 8.39. The number of fused-ring (bicyclic) bond motifs is 1. The average Bonchev–Trinajstić information content (AvgIpc) is 2.50. The highest BCUT2D eigenvalue weighted by atomic mass is 15.1. The van der Waals surface area contributed by atoms with Crippen molar-refractivity contribution in [3.05, 3.63) is 24.7 Å². The Hall–Kier alpha value is -1.38. The number of imidazole rings is 1. The quantitative estimate of drug-likeness (QED) is 0.672. The highest BCUT2D eigenvalue weighted by Crippen LogP contribution is 2.08. The monoisotopic (exact) mass is 161 g/mol. The van der Waals surface area contributed by atoms with Gasteiger partial charge in [-0.1, -0.05) is 6.92 Å². The van der Waals surface area contributed by atoms with Crippen LogP contribution in [0.25, 0.3) is 11.2 Å². The molecule has 0 N–H and O–H groups in total. The van der Waals surface area contributed by atoms with Crippen molar-refractivity contribution in [1.29, 1.82) is 0 Å². The van der Waals surface area contributed by atoms with Crippen LogP contribution in [0, 0.1) is 0 Å². The van der Waals surface area contributed by atoms with Crippen LogP contribution in [-0.4, -0.2) is 14.5 Å². The second-order valence-corrected chi connectivity index (χ2v) is 2.78. The fraction of sp³-hybridized carbons (Fsp3) is 0.333. The van der Waals surface area contributed by atoms with E-state index in [9.17, 15) is 0 Å². The minimum atomic E-state index is 0.978. The molecule has 0 amide bonds. The molecule has 0 radical (unpaired) electrons. The number of nitrogens with zero attached hydrogens (tertiary/aromatic N) is 3. The molecule has 0 aliphatic carbocycles. The third kappa shape index (κ3) is 1.07. The molecule has 12 heavy (non-hydrogen) atoms. The van der Waals surface area contributed by atoms with Crippen LogP contribution in [0.3, 0.4) is 0 Å². The molecule has 62 valence electrons. The summed E-state index contributed by atoms with van der Waals surface area (Å²) in [5.74, 6) is 0. The van der Waals surface area contributed by atoms with Gasteiger partial charge in [-0.3, -0.25) is 0 Å². The Morgan fingerprint density at radius 3 is 3.17 bits per heavy atom. The van der Waals surface area contributed by atoms with Crippen LogP contribution in [-0.2, 0) is 6.54 Å². The van der Waals surface area contributed by atoms with Crippen LogP contribution in [0.5, 0.6) is 0 Å². The Kier molecular flexibility index (Phi) is 1.78. The smallest absolute Gasteiger partial charge is 0.159 e. The molecule has 0 aliphatic heterocycles. The van der Waals surface area contributed by atoms with Crippen molar-refractivity contribution in [3.63, 3.8) is 0 Å². The maximum absolute atomic E-state index is 4.26. The van der Waals surface area contributed by atoms with Gasteiger partial charge in [0.25, 0.3) is 0 Å². The lowest BCUT2D eigenvalue weighted by Gasteiger charge is -1.98. The standard InChI is InChI=1S/C9H11N3/c1-2-6-12-7-11-8-4-3-5-10-9(8)12/h3-5,7H,2,6H2,1H3. The van der Waals surface area contributed by atoms with E-state index in [2.05, 4.69) is 21.5 Å². The van der Waals surface area contributed by atoms with Gasteiger partial charge in [0.15, 0.2) is 5.65 Å². The summed E-state index contributed by atoms with van der Waals surface area (Å²) in [6, 6.07) is 3.89. The van der Waals surface area contributed by atoms with E-state index >= 15 is 0 Å². The summed E-state index contributed by atoms with van der Waals surface area (Å²) in [6.45, 7) is 3.14. The van der Waals surface area contributed by atoms with Crippen LogP contribution < -0.4 is 0 Å². The van der Waals surface area contributed by atoms with Crippen molar-refractivity contribution in [3.8, 4) is 0 Å². The van der Waals surface area contributed by atoms with E-state index in [1.54, 1.807) is 6.20 Å². The van der Waals surface area contributed by atoms with Crippen molar-refractivity contribution in [2.75, 3.05) is 0 Å². The lowest BCUT2D eigenvalue weighted by molar-refractivity contribution is 0.691. The molecule has 0 aliphatic rings. The van der Waals surface area contributed by atoms with Crippen LogP contribution >= 0.6 is 0 Å². The Morgan fingerprint density at radius 2 is 2.33 bits per heavy atom. The van der Waals surface area contributed by atoms with E-state index in [4.69, 9.17) is 0 Å². The van der Waals surface area contributed by atoms with Crippen LogP contribution in [0.15, 0.2) is 24.7 Å².